The lowest BCUT2D eigenvalue weighted by Gasteiger charge is -2.37. The minimum absolute atomic E-state index is 0.0868. The van der Waals surface area contributed by atoms with Gasteiger partial charge >= 0.3 is 0 Å². The van der Waals surface area contributed by atoms with Gasteiger partial charge < -0.3 is 9.64 Å². The minimum atomic E-state index is -0.212. The second kappa shape index (κ2) is 7.72. The highest BCUT2D eigenvalue weighted by Gasteiger charge is 2.30. The molecule has 0 bridgehead atoms. The second-order valence-electron chi connectivity index (χ2n) is 7.79. The summed E-state index contributed by atoms with van der Waals surface area (Å²) >= 11 is 0. The van der Waals surface area contributed by atoms with Gasteiger partial charge in [-0.1, -0.05) is 17.7 Å². The number of hydrogen-bond donors (Lipinski definition) is 1. The number of likely N-dealkylation sites (tertiary alicyclic amines) is 1. The first-order valence-corrected chi connectivity index (χ1v) is 9.88. The Morgan fingerprint density at radius 2 is 1.85 bits per heavy atom. The first kappa shape index (κ1) is 18.0. The monoisotopic (exact) mass is 369 g/mol. The van der Waals surface area contributed by atoms with Crippen molar-refractivity contribution < 1.29 is 9.53 Å². The predicted molar refractivity (Wildman–Crippen MR) is 103 cm³/mol. The standard InChI is InChI=1S/C21H27N3O3/c1-15-4-6-18(7-5-15)24-20(25)13-19(22-24)21(26)23-10-8-16(9-11-23)17-3-2-12-27-14-17/h4-7,13,16-17,22H,2-3,8-12,14H2,1H3. The third-order valence-corrected chi connectivity index (χ3v) is 5.93. The maximum atomic E-state index is 12.9. The van der Waals surface area contributed by atoms with Crippen LogP contribution in [-0.2, 0) is 4.74 Å². The van der Waals surface area contributed by atoms with E-state index in [1.165, 1.54) is 17.2 Å². The van der Waals surface area contributed by atoms with Crippen molar-refractivity contribution in [3.8, 4) is 5.69 Å². The van der Waals surface area contributed by atoms with Crippen LogP contribution in [0.3, 0.4) is 0 Å². The van der Waals surface area contributed by atoms with Crippen molar-refractivity contribution >= 4 is 5.91 Å². The molecule has 3 heterocycles. The molecular formula is C21H27N3O3. The molecule has 2 fully saturated rings. The highest BCUT2D eigenvalue weighted by molar-refractivity contribution is 5.92. The summed E-state index contributed by atoms with van der Waals surface area (Å²) in [6.45, 7) is 5.25. The first-order chi connectivity index (χ1) is 13.1. The maximum absolute atomic E-state index is 12.9. The van der Waals surface area contributed by atoms with Gasteiger partial charge in [0.15, 0.2) is 0 Å². The number of nitrogens with zero attached hydrogens (tertiary/aromatic N) is 2. The SMILES string of the molecule is Cc1ccc(-n2[nH]c(C(=O)N3CCC(C4CCCOC4)CC3)cc2=O)cc1. The van der Waals surface area contributed by atoms with Crippen molar-refractivity contribution in [1.29, 1.82) is 0 Å². The fourth-order valence-electron chi connectivity index (χ4n) is 4.27. The Kier molecular flexibility index (Phi) is 5.16. The number of piperidine rings is 1. The van der Waals surface area contributed by atoms with E-state index in [0.717, 1.165) is 56.8 Å². The van der Waals surface area contributed by atoms with Gasteiger partial charge in [0.25, 0.3) is 11.5 Å². The lowest BCUT2D eigenvalue weighted by Crippen LogP contribution is -2.41. The molecule has 0 aliphatic carbocycles. The number of H-pyrrole nitrogens is 1. The summed E-state index contributed by atoms with van der Waals surface area (Å²) in [6.07, 6.45) is 4.42. The average Bonchev–Trinajstić information content (AvgIpc) is 3.10. The highest BCUT2D eigenvalue weighted by Crippen LogP contribution is 2.31. The van der Waals surface area contributed by atoms with Crippen LogP contribution < -0.4 is 5.56 Å². The Labute approximate surface area is 159 Å². The molecule has 6 nitrogen and oxygen atoms in total. The number of rotatable bonds is 3. The third kappa shape index (κ3) is 3.86. The molecule has 0 saturated carbocycles. The van der Waals surface area contributed by atoms with Gasteiger partial charge in [0.2, 0.25) is 0 Å². The molecule has 1 aromatic carbocycles. The summed E-state index contributed by atoms with van der Waals surface area (Å²) in [4.78, 5) is 27.0. The Morgan fingerprint density at radius 1 is 1.11 bits per heavy atom. The van der Waals surface area contributed by atoms with Gasteiger partial charge in [-0.3, -0.25) is 14.7 Å². The predicted octanol–water partition coefficient (Wildman–Crippen LogP) is 2.75. The van der Waals surface area contributed by atoms with Crippen LogP contribution in [0.1, 0.15) is 41.7 Å². The van der Waals surface area contributed by atoms with Crippen molar-refractivity contribution in [2.45, 2.75) is 32.6 Å². The first-order valence-electron chi connectivity index (χ1n) is 9.88. The topological polar surface area (TPSA) is 67.3 Å². The Morgan fingerprint density at radius 3 is 2.52 bits per heavy atom. The molecule has 6 heteroatoms. The molecule has 27 heavy (non-hydrogen) atoms. The van der Waals surface area contributed by atoms with Crippen molar-refractivity contribution in [1.82, 2.24) is 14.7 Å². The number of aromatic amines is 1. The van der Waals surface area contributed by atoms with Crippen LogP contribution in [0.2, 0.25) is 0 Å². The van der Waals surface area contributed by atoms with E-state index in [9.17, 15) is 9.59 Å². The van der Waals surface area contributed by atoms with E-state index in [-0.39, 0.29) is 11.5 Å². The van der Waals surface area contributed by atoms with Crippen LogP contribution in [0.4, 0.5) is 0 Å². The van der Waals surface area contributed by atoms with Gasteiger partial charge in [0.1, 0.15) is 5.69 Å². The third-order valence-electron chi connectivity index (χ3n) is 5.93. The number of hydrogen-bond acceptors (Lipinski definition) is 3. The van der Waals surface area contributed by atoms with E-state index >= 15 is 0 Å². The van der Waals surface area contributed by atoms with Crippen molar-refractivity contribution in [2.24, 2.45) is 11.8 Å². The molecule has 2 aliphatic heterocycles. The molecule has 4 rings (SSSR count). The summed E-state index contributed by atoms with van der Waals surface area (Å²) in [5.74, 6) is 1.19. The largest absolute Gasteiger partial charge is 0.381 e. The molecule has 2 aliphatic rings. The average molecular weight is 369 g/mol. The fourth-order valence-corrected chi connectivity index (χ4v) is 4.27. The van der Waals surface area contributed by atoms with Gasteiger partial charge in [-0.15, -0.1) is 0 Å². The Hall–Kier alpha value is -2.34. The van der Waals surface area contributed by atoms with Gasteiger partial charge in [0, 0.05) is 32.4 Å². The van der Waals surface area contributed by atoms with Crippen molar-refractivity contribution in [2.75, 3.05) is 26.3 Å². The van der Waals surface area contributed by atoms with Crippen molar-refractivity contribution in [3.63, 3.8) is 0 Å². The zero-order chi connectivity index (χ0) is 18.8. The molecule has 1 N–H and O–H groups in total. The van der Waals surface area contributed by atoms with Gasteiger partial charge in [-0.2, -0.15) is 0 Å². The minimum Gasteiger partial charge on any atom is -0.381 e. The number of amides is 1. The Balaban J connectivity index is 1.42. The zero-order valence-electron chi connectivity index (χ0n) is 15.8. The number of carbonyl (C=O) groups excluding carboxylic acids is 1. The van der Waals surface area contributed by atoms with Crippen LogP contribution in [0.15, 0.2) is 35.1 Å². The van der Waals surface area contributed by atoms with Crippen LogP contribution in [0.5, 0.6) is 0 Å². The lowest BCUT2D eigenvalue weighted by molar-refractivity contribution is 0.0139. The summed E-state index contributed by atoms with van der Waals surface area (Å²) in [7, 11) is 0. The number of nitrogens with one attached hydrogen (secondary N) is 1. The van der Waals surface area contributed by atoms with E-state index in [0.29, 0.717) is 17.5 Å². The molecule has 1 amide bonds. The number of aromatic nitrogens is 2. The van der Waals surface area contributed by atoms with Gasteiger partial charge in [-0.05, 0) is 56.6 Å². The molecule has 0 radical (unpaired) electrons. The van der Waals surface area contributed by atoms with E-state index in [4.69, 9.17) is 4.74 Å². The van der Waals surface area contributed by atoms with Gasteiger partial charge in [-0.25, -0.2) is 4.68 Å². The maximum Gasteiger partial charge on any atom is 0.271 e. The van der Waals surface area contributed by atoms with Crippen LogP contribution in [0.25, 0.3) is 5.69 Å². The molecule has 0 spiro atoms. The van der Waals surface area contributed by atoms with E-state index in [1.54, 1.807) is 0 Å². The number of aryl methyl sites for hydroxylation is 1. The highest BCUT2D eigenvalue weighted by atomic mass is 16.5. The van der Waals surface area contributed by atoms with Crippen LogP contribution >= 0.6 is 0 Å². The van der Waals surface area contributed by atoms with E-state index in [1.807, 2.05) is 36.1 Å². The lowest BCUT2D eigenvalue weighted by atomic mass is 9.81. The Bertz CT molecular complexity index is 838. The van der Waals surface area contributed by atoms with Crippen molar-refractivity contribution in [3.05, 3.63) is 51.9 Å². The normalized spacial score (nSPS) is 21.4. The number of benzene rings is 1. The zero-order valence-corrected chi connectivity index (χ0v) is 15.8. The molecule has 1 aromatic heterocycles. The molecular weight excluding hydrogens is 342 g/mol. The summed E-state index contributed by atoms with van der Waals surface area (Å²) in [6, 6.07) is 9.05. The smallest absolute Gasteiger partial charge is 0.271 e. The molecule has 2 saturated heterocycles. The summed E-state index contributed by atoms with van der Waals surface area (Å²) in [5.41, 5.74) is 2.01. The summed E-state index contributed by atoms with van der Waals surface area (Å²) < 4.78 is 7.05. The molecule has 1 unspecified atom stereocenters. The van der Waals surface area contributed by atoms with Gasteiger partial charge in [0.05, 0.1) is 5.69 Å². The molecule has 2 aromatic rings. The molecule has 1 atom stereocenters. The number of carbonyl (C=O) groups is 1. The van der Waals surface area contributed by atoms with Crippen LogP contribution in [-0.4, -0.2) is 46.9 Å². The molecule has 144 valence electrons. The number of ether oxygens (including phenoxy) is 1. The quantitative estimate of drug-likeness (QED) is 0.905. The van der Waals surface area contributed by atoms with Crippen LogP contribution in [0, 0.1) is 18.8 Å². The van der Waals surface area contributed by atoms with E-state index < -0.39 is 0 Å². The fraction of sp³-hybridized carbons (Fsp3) is 0.524. The van der Waals surface area contributed by atoms with E-state index in [2.05, 4.69) is 5.10 Å². The second-order valence-corrected chi connectivity index (χ2v) is 7.79. The summed E-state index contributed by atoms with van der Waals surface area (Å²) in [5, 5.41) is 2.98.